The molecule has 0 radical (unpaired) electrons. The molecule has 0 spiro atoms. The minimum atomic E-state index is -0.573. The lowest BCUT2D eigenvalue weighted by molar-refractivity contribution is 0.310. The van der Waals surface area contributed by atoms with Crippen molar-refractivity contribution in [1.82, 2.24) is 14.9 Å². The van der Waals surface area contributed by atoms with Crippen LogP contribution in [0.25, 0.3) is 11.0 Å². The van der Waals surface area contributed by atoms with Gasteiger partial charge in [-0.2, -0.15) is 0 Å². The molecule has 1 fully saturated rings. The summed E-state index contributed by atoms with van der Waals surface area (Å²) >= 11 is 0. The Morgan fingerprint density at radius 1 is 1.22 bits per heavy atom. The maximum absolute atomic E-state index is 14.3. The minimum Gasteiger partial charge on any atom is -0.364 e. The average Bonchev–Trinajstić information content (AvgIpc) is 2.80. The van der Waals surface area contributed by atoms with Gasteiger partial charge in [0.15, 0.2) is 11.6 Å². The zero-order valence-corrected chi connectivity index (χ0v) is 10.1. The van der Waals surface area contributed by atoms with Crippen molar-refractivity contribution in [2.24, 2.45) is 0 Å². The molecule has 0 saturated carbocycles. The number of aromatic amines is 1. The van der Waals surface area contributed by atoms with E-state index < -0.39 is 11.6 Å². The van der Waals surface area contributed by atoms with Crippen LogP contribution < -0.4 is 4.90 Å². The fraction of sp³-hybridized carbons (Fsp3) is 0.417. The summed E-state index contributed by atoms with van der Waals surface area (Å²) in [6, 6.07) is 1.30. The van der Waals surface area contributed by atoms with Crippen molar-refractivity contribution in [3.63, 3.8) is 0 Å². The van der Waals surface area contributed by atoms with Crippen LogP contribution >= 0.6 is 0 Å². The fourth-order valence-corrected chi connectivity index (χ4v) is 2.32. The Hall–Kier alpha value is -1.69. The van der Waals surface area contributed by atoms with Gasteiger partial charge in [-0.05, 0) is 7.05 Å². The number of likely N-dealkylation sites (N-methyl/N-ethyl adjacent to an activating group) is 1. The number of benzene rings is 1. The predicted molar refractivity (Wildman–Crippen MR) is 65.7 cm³/mol. The highest BCUT2D eigenvalue weighted by Crippen LogP contribution is 2.29. The zero-order valence-electron chi connectivity index (χ0n) is 10.1. The van der Waals surface area contributed by atoms with Crippen LogP contribution in [0.1, 0.15) is 0 Å². The molecule has 4 nitrogen and oxygen atoms in total. The number of nitrogens with one attached hydrogen (secondary N) is 1. The third-order valence-electron chi connectivity index (χ3n) is 3.40. The first-order valence-corrected chi connectivity index (χ1v) is 5.91. The molecule has 2 heterocycles. The second-order valence-electron chi connectivity index (χ2n) is 4.61. The molecule has 0 bridgehead atoms. The van der Waals surface area contributed by atoms with Crippen LogP contribution in [0, 0.1) is 11.6 Å². The summed E-state index contributed by atoms with van der Waals surface area (Å²) in [7, 11) is 2.00. The lowest BCUT2D eigenvalue weighted by Crippen LogP contribution is -2.45. The molecule has 1 saturated heterocycles. The maximum Gasteiger partial charge on any atom is 0.177 e. The SMILES string of the molecule is CN1CCN(c2c(F)cc3[nH]cnc3c2F)CC1. The maximum atomic E-state index is 14.3. The molecule has 0 unspecified atom stereocenters. The van der Waals surface area contributed by atoms with Gasteiger partial charge in [-0.15, -0.1) is 0 Å². The van der Waals surface area contributed by atoms with Crippen LogP contribution in [0.15, 0.2) is 12.4 Å². The van der Waals surface area contributed by atoms with Gasteiger partial charge in [0.05, 0.1) is 11.8 Å². The van der Waals surface area contributed by atoms with Crippen LogP contribution in [0.3, 0.4) is 0 Å². The lowest BCUT2D eigenvalue weighted by Gasteiger charge is -2.34. The zero-order chi connectivity index (χ0) is 12.7. The molecule has 0 atom stereocenters. The Morgan fingerprint density at radius 2 is 1.94 bits per heavy atom. The van der Waals surface area contributed by atoms with Crippen molar-refractivity contribution in [1.29, 1.82) is 0 Å². The van der Waals surface area contributed by atoms with E-state index in [1.807, 2.05) is 7.05 Å². The molecule has 1 aliphatic heterocycles. The summed E-state index contributed by atoms with van der Waals surface area (Å²) in [6.07, 6.45) is 1.38. The molecule has 1 aromatic carbocycles. The van der Waals surface area contributed by atoms with Gasteiger partial charge in [-0.1, -0.05) is 0 Å². The summed E-state index contributed by atoms with van der Waals surface area (Å²) in [6.45, 7) is 2.86. The van der Waals surface area contributed by atoms with Crippen LogP contribution in [0.4, 0.5) is 14.5 Å². The van der Waals surface area contributed by atoms with Crippen molar-refractivity contribution in [2.45, 2.75) is 0 Å². The van der Waals surface area contributed by atoms with Crippen LogP contribution in [0.2, 0.25) is 0 Å². The number of hydrogen-bond donors (Lipinski definition) is 1. The first-order chi connectivity index (χ1) is 8.66. The van der Waals surface area contributed by atoms with Crippen molar-refractivity contribution in [3.8, 4) is 0 Å². The molecule has 18 heavy (non-hydrogen) atoms. The monoisotopic (exact) mass is 252 g/mol. The molecular formula is C12H14F2N4. The van der Waals surface area contributed by atoms with Gasteiger partial charge in [0.2, 0.25) is 0 Å². The molecule has 1 N–H and O–H groups in total. The highest BCUT2D eigenvalue weighted by molar-refractivity contribution is 5.80. The normalized spacial score (nSPS) is 17.6. The van der Waals surface area contributed by atoms with E-state index in [2.05, 4.69) is 14.9 Å². The highest BCUT2D eigenvalue weighted by Gasteiger charge is 2.23. The van der Waals surface area contributed by atoms with E-state index in [-0.39, 0.29) is 11.2 Å². The number of H-pyrrole nitrogens is 1. The first-order valence-electron chi connectivity index (χ1n) is 5.91. The fourth-order valence-electron chi connectivity index (χ4n) is 2.32. The third kappa shape index (κ3) is 1.73. The van der Waals surface area contributed by atoms with Gasteiger partial charge in [-0.25, -0.2) is 13.8 Å². The Labute approximate surface area is 103 Å². The van der Waals surface area contributed by atoms with E-state index in [1.165, 1.54) is 12.4 Å². The van der Waals surface area contributed by atoms with Gasteiger partial charge in [0, 0.05) is 32.2 Å². The number of fused-ring (bicyclic) bond motifs is 1. The van der Waals surface area contributed by atoms with Crippen molar-refractivity contribution < 1.29 is 8.78 Å². The van der Waals surface area contributed by atoms with Crippen molar-refractivity contribution in [3.05, 3.63) is 24.0 Å². The number of imidazole rings is 1. The molecule has 0 amide bonds. The number of hydrogen-bond acceptors (Lipinski definition) is 3. The van der Waals surface area contributed by atoms with E-state index >= 15 is 0 Å². The van der Waals surface area contributed by atoms with E-state index in [0.717, 1.165) is 13.1 Å². The standard InChI is InChI=1S/C12H14F2N4/c1-17-2-4-18(5-3-17)12-8(13)6-9-11(10(12)14)16-7-15-9/h6-7H,2-5H2,1H3,(H,15,16). The Balaban J connectivity index is 2.05. The van der Waals surface area contributed by atoms with Gasteiger partial charge in [0.25, 0.3) is 0 Å². The smallest absolute Gasteiger partial charge is 0.177 e. The lowest BCUT2D eigenvalue weighted by atomic mass is 10.2. The van der Waals surface area contributed by atoms with Crippen molar-refractivity contribution >= 4 is 16.7 Å². The second kappa shape index (κ2) is 4.20. The summed E-state index contributed by atoms with van der Waals surface area (Å²) in [5.41, 5.74) is 0.635. The number of nitrogens with zero attached hydrogens (tertiary/aromatic N) is 3. The average molecular weight is 252 g/mol. The molecule has 2 aromatic rings. The minimum absolute atomic E-state index is 0.0442. The van der Waals surface area contributed by atoms with Gasteiger partial charge in [-0.3, -0.25) is 0 Å². The molecule has 0 aliphatic carbocycles. The van der Waals surface area contributed by atoms with Gasteiger partial charge >= 0.3 is 0 Å². The van der Waals surface area contributed by atoms with Crippen LogP contribution in [0.5, 0.6) is 0 Å². The summed E-state index contributed by atoms with van der Waals surface area (Å²) in [4.78, 5) is 10.5. The molecule has 1 aliphatic rings. The Bertz CT molecular complexity index is 573. The van der Waals surface area contributed by atoms with Gasteiger partial charge in [0.1, 0.15) is 11.2 Å². The topological polar surface area (TPSA) is 35.2 Å². The molecule has 6 heteroatoms. The molecule has 1 aromatic heterocycles. The predicted octanol–water partition coefficient (Wildman–Crippen LogP) is 1.59. The molecule has 96 valence electrons. The summed E-state index contributed by atoms with van der Waals surface area (Å²) in [5.74, 6) is -1.11. The van der Waals surface area contributed by atoms with E-state index in [0.29, 0.717) is 18.6 Å². The quantitative estimate of drug-likeness (QED) is 0.837. The van der Waals surface area contributed by atoms with E-state index in [4.69, 9.17) is 0 Å². The third-order valence-corrected chi connectivity index (χ3v) is 3.40. The summed E-state index contributed by atoms with van der Waals surface area (Å²) < 4.78 is 28.3. The van der Waals surface area contributed by atoms with E-state index in [1.54, 1.807) is 4.90 Å². The molecule has 3 rings (SSSR count). The number of halogens is 2. The first kappa shape index (κ1) is 11.4. The number of anilines is 1. The number of aromatic nitrogens is 2. The summed E-state index contributed by atoms with van der Waals surface area (Å²) in [5, 5.41) is 0. The number of rotatable bonds is 1. The molecular weight excluding hydrogens is 238 g/mol. The number of piperazine rings is 1. The van der Waals surface area contributed by atoms with Crippen molar-refractivity contribution in [2.75, 3.05) is 38.1 Å². The van der Waals surface area contributed by atoms with Crippen LogP contribution in [-0.4, -0.2) is 48.1 Å². The van der Waals surface area contributed by atoms with E-state index in [9.17, 15) is 8.78 Å². The van der Waals surface area contributed by atoms with Crippen LogP contribution in [-0.2, 0) is 0 Å². The second-order valence-corrected chi connectivity index (χ2v) is 4.61. The van der Waals surface area contributed by atoms with Gasteiger partial charge < -0.3 is 14.8 Å². The highest BCUT2D eigenvalue weighted by atomic mass is 19.1. The Morgan fingerprint density at radius 3 is 2.67 bits per heavy atom. The largest absolute Gasteiger partial charge is 0.364 e. The Kier molecular flexibility index (Phi) is 2.66.